The van der Waals surface area contributed by atoms with Crippen molar-refractivity contribution in [1.29, 1.82) is 0 Å². The van der Waals surface area contributed by atoms with Crippen LogP contribution in [0.3, 0.4) is 0 Å². The summed E-state index contributed by atoms with van der Waals surface area (Å²) in [5.41, 5.74) is -0.0713. The molecule has 0 amide bonds. The first-order valence-corrected chi connectivity index (χ1v) is 7.41. The number of nitrogens with zero attached hydrogens (tertiary/aromatic N) is 2. The Morgan fingerprint density at radius 1 is 1.32 bits per heavy atom. The van der Waals surface area contributed by atoms with Crippen molar-refractivity contribution in [3.05, 3.63) is 64.0 Å². The minimum atomic E-state index is -0.801. The van der Waals surface area contributed by atoms with Gasteiger partial charge in [0.15, 0.2) is 6.20 Å². The summed E-state index contributed by atoms with van der Waals surface area (Å²) in [5.74, 6) is 0.595. The minimum absolute atomic E-state index is 0.0140. The third-order valence-corrected chi connectivity index (χ3v) is 3.85. The molecule has 1 atom stereocenters. The van der Waals surface area contributed by atoms with Gasteiger partial charge in [0, 0.05) is 24.0 Å². The highest BCUT2D eigenvalue weighted by Crippen LogP contribution is 2.20. The van der Waals surface area contributed by atoms with E-state index in [-0.39, 0.29) is 18.0 Å². The van der Waals surface area contributed by atoms with E-state index in [2.05, 4.69) is 0 Å². The molecule has 116 valence electrons. The Bertz CT molecular complexity index is 653. The topological polar surface area (TPSA) is 99.5 Å². The maximum absolute atomic E-state index is 11.4. The van der Waals surface area contributed by atoms with Gasteiger partial charge in [0.05, 0.1) is 17.1 Å². The second kappa shape index (κ2) is 7.62. The largest absolute Gasteiger partial charge is 0.618 e. The van der Waals surface area contributed by atoms with Crippen LogP contribution in [0.2, 0.25) is 0 Å². The summed E-state index contributed by atoms with van der Waals surface area (Å²) in [7, 11) is 0. The molecule has 0 saturated carbocycles. The van der Waals surface area contributed by atoms with Gasteiger partial charge >= 0.3 is 0 Å². The van der Waals surface area contributed by atoms with E-state index >= 15 is 0 Å². The number of nitro groups is 1. The Morgan fingerprint density at radius 3 is 2.86 bits per heavy atom. The van der Waals surface area contributed by atoms with Crippen LogP contribution in [0.25, 0.3) is 0 Å². The van der Waals surface area contributed by atoms with Crippen LogP contribution in [-0.4, -0.2) is 28.5 Å². The Labute approximate surface area is 130 Å². The van der Waals surface area contributed by atoms with E-state index in [4.69, 9.17) is 4.74 Å². The van der Waals surface area contributed by atoms with Gasteiger partial charge in [0.2, 0.25) is 0 Å². The zero-order chi connectivity index (χ0) is 15.9. The number of aliphatic hydroxyl groups excluding tert-OH is 1. The van der Waals surface area contributed by atoms with Crippen molar-refractivity contribution >= 4 is 17.4 Å². The quantitative estimate of drug-likeness (QED) is 0.274. The van der Waals surface area contributed by atoms with Gasteiger partial charge in [-0.1, -0.05) is 17.8 Å². The highest BCUT2D eigenvalue weighted by atomic mass is 32.2. The standard InChI is InChI=1S/C14H14N2O5S/c17-12(10-22-14-6-1-2-7-15(14)18)9-21-13-5-3-4-11(8-13)16(19)20/h1-8,12,17H,9-10H2. The summed E-state index contributed by atoms with van der Waals surface area (Å²) >= 11 is 1.21. The summed E-state index contributed by atoms with van der Waals surface area (Å²) in [4.78, 5) is 10.1. The summed E-state index contributed by atoms with van der Waals surface area (Å²) in [6, 6.07) is 10.8. The number of hydrogen-bond donors (Lipinski definition) is 1. The Hall–Kier alpha value is -2.32. The molecule has 0 fully saturated rings. The predicted molar refractivity (Wildman–Crippen MR) is 80.7 cm³/mol. The van der Waals surface area contributed by atoms with Gasteiger partial charge in [-0.2, -0.15) is 4.73 Å². The van der Waals surface area contributed by atoms with Crippen LogP contribution in [0.1, 0.15) is 0 Å². The van der Waals surface area contributed by atoms with Crippen molar-refractivity contribution in [2.45, 2.75) is 11.1 Å². The average molecular weight is 322 g/mol. The lowest BCUT2D eigenvalue weighted by atomic mass is 10.3. The van der Waals surface area contributed by atoms with Crippen LogP contribution in [0.4, 0.5) is 5.69 Å². The molecule has 0 aliphatic carbocycles. The molecule has 0 aliphatic heterocycles. The molecule has 8 heteroatoms. The molecule has 0 aliphatic rings. The molecule has 7 nitrogen and oxygen atoms in total. The number of ether oxygens (including phenoxy) is 1. The molecule has 0 spiro atoms. The van der Waals surface area contributed by atoms with Crippen molar-refractivity contribution in [3.8, 4) is 5.75 Å². The fourth-order valence-corrected chi connectivity index (χ4v) is 2.46. The predicted octanol–water partition coefficient (Wildman–Crippen LogP) is 1.76. The summed E-state index contributed by atoms with van der Waals surface area (Å²) in [5, 5.41) is 32.4. The van der Waals surface area contributed by atoms with Crippen LogP contribution in [0, 0.1) is 15.3 Å². The normalized spacial score (nSPS) is 11.9. The van der Waals surface area contributed by atoms with Crippen molar-refractivity contribution in [1.82, 2.24) is 0 Å². The maximum atomic E-state index is 11.4. The molecule has 1 aromatic carbocycles. The fraction of sp³-hybridized carbons (Fsp3) is 0.214. The zero-order valence-electron chi connectivity index (χ0n) is 11.5. The molecule has 22 heavy (non-hydrogen) atoms. The lowest BCUT2D eigenvalue weighted by molar-refractivity contribution is -0.645. The first kappa shape index (κ1) is 16.1. The number of benzene rings is 1. The van der Waals surface area contributed by atoms with Crippen LogP contribution < -0.4 is 9.47 Å². The van der Waals surface area contributed by atoms with E-state index in [1.807, 2.05) is 0 Å². The maximum Gasteiger partial charge on any atom is 0.273 e. The van der Waals surface area contributed by atoms with Crippen molar-refractivity contribution in [2.75, 3.05) is 12.4 Å². The summed E-state index contributed by atoms with van der Waals surface area (Å²) in [6.45, 7) is -0.0140. The molecular formula is C14H14N2O5S. The monoisotopic (exact) mass is 322 g/mol. The van der Waals surface area contributed by atoms with Crippen LogP contribution in [-0.2, 0) is 0 Å². The number of pyridine rings is 1. The second-order valence-electron chi connectivity index (χ2n) is 4.39. The summed E-state index contributed by atoms with van der Waals surface area (Å²) in [6.07, 6.45) is 0.582. The van der Waals surface area contributed by atoms with E-state index in [9.17, 15) is 20.4 Å². The molecular weight excluding hydrogens is 308 g/mol. The third kappa shape index (κ3) is 4.61. The number of thioether (sulfide) groups is 1. The molecule has 0 radical (unpaired) electrons. The van der Waals surface area contributed by atoms with Gasteiger partial charge in [-0.05, 0) is 12.1 Å². The number of aromatic nitrogens is 1. The number of aliphatic hydroxyl groups is 1. The molecule has 0 bridgehead atoms. The molecule has 0 saturated heterocycles. The van der Waals surface area contributed by atoms with Crippen LogP contribution >= 0.6 is 11.8 Å². The van der Waals surface area contributed by atoms with Crippen molar-refractivity contribution < 1.29 is 19.5 Å². The van der Waals surface area contributed by atoms with Crippen molar-refractivity contribution in [3.63, 3.8) is 0 Å². The SMILES string of the molecule is O=[N+]([O-])c1cccc(OCC(O)CSc2cccc[n+]2[O-])c1. The van der Waals surface area contributed by atoms with E-state index in [0.29, 0.717) is 10.8 Å². The number of non-ortho nitro benzene ring substituents is 1. The van der Waals surface area contributed by atoms with Crippen LogP contribution in [0.5, 0.6) is 5.75 Å². The van der Waals surface area contributed by atoms with Crippen LogP contribution in [0.15, 0.2) is 53.7 Å². The lowest BCUT2D eigenvalue weighted by Gasteiger charge is -2.11. The molecule has 1 unspecified atom stereocenters. The van der Waals surface area contributed by atoms with Gasteiger partial charge in [-0.25, -0.2) is 0 Å². The van der Waals surface area contributed by atoms with Gasteiger partial charge in [0.25, 0.3) is 10.7 Å². The minimum Gasteiger partial charge on any atom is -0.618 e. The summed E-state index contributed by atoms with van der Waals surface area (Å²) < 4.78 is 6.05. The molecule has 1 N–H and O–H groups in total. The van der Waals surface area contributed by atoms with Gasteiger partial charge in [-0.15, -0.1) is 0 Å². The number of nitro benzene ring substituents is 1. The van der Waals surface area contributed by atoms with E-state index in [1.54, 1.807) is 24.3 Å². The zero-order valence-corrected chi connectivity index (χ0v) is 12.3. The average Bonchev–Trinajstić information content (AvgIpc) is 2.52. The highest BCUT2D eigenvalue weighted by Gasteiger charge is 2.12. The van der Waals surface area contributed by atoms with E-state index < -0.39 is 11.0 Å². The van der Waals surface area contributed by atoms with E-state index in [0.717, 1.165) is 4.73 Å². The van der Waals surface area contributed by atoms with Gasteiger partial charge < -0.3 is 15.1 Å². The molecule has 2 aromatic rings. The lowest BCUT2D eigenvalue weighted by Crippen LogP contribution is -2.29. The second-order valence-corrected chi connectivity index (χ2v) is 5.44. The molecule has 1 aromatic heterocycles. The first-order valence-electron chi connectivity index (χ1n) is 6.42. The number of rotatable bonds is 7. The molecule has 2 rings (SSSR count). The molecule has 1 heterocycles. The van der Waals surface area contributed by atoms with E-state index in [1.165, 1.54) is 36.2 Å². The first-order chi connectivity index (χ1) is 10.6. The fourth-order valence-electron chi connectivity index (χ4n) is 1.63. The van der Waals surface area contributed by atoms with Crippen molar-refractivity contribution in [2.24, 2.45) is 0 Å². The van der Waals surface area contributed by atoms with Gasteiger partial charge in [-0.3, -0.25) is 10.1 Å². The highest BCUT2D eigenvalue weighted by molar-refractivity contribution is 7.99. The smallest absolute Gasteiger partial charge is 0.273 e. The number of hydrogen-bond acceptors (Lipinski definition) is 6. The Morgan fingerprint density at radius 2 is 2.14 bits per heavy atom. The third-order valence-electron chi connectivity index (χ3n) is 2.68. The van der Waals surface area contributed by atoms with Gasteiger partial charge in [0.1, 0.15) is 12.4 Å². The Kier molecular flexibility index (Phi) is 5.56. The Balaban J connectivity index is 1.83.